The number of carbonyl (C=O) groups is 1. The van der Waals surface area contributed by atoms with Crippen LogP contribution in [-0.2, 0) is 11.2 Å². The van der Waals surface area contributed by atoms with Crippen LogP contribution in [0.15, 0.2) is 24.3 Å². The summed E-state index contributed by atoms with van der Waals surface area (Å²) in [7, 11) is 0. The van der Waals surface area contributed by atoms with Gasteiger partial charge in [-0.2, -0.15) is 0 Å². The van der Waals surface area contributed by atoms with Gasteiger partial charge in [-0.05, 0) is 12.1 Å². The standard InChI is InChI=1S/C12H13N3O2/c16-12-15(7-8-17-12)6-5-11-13-9-3-1-2-4-10(9)14-11/h1-4H,5-8H2,(H,13,14). The predicted octanol–water partition coefficient (Wildman–Crippen LogP) is 1.56. The van der Waals surface area contributed by atoms with E-state index >= 15 is 0 Å². The summed E-state index contributed by atoms with van der Waals surface area (Å²) in [5.41, 5.74) is 2.00. The zero-order valence-electron chi connectivity index (χ0n) is 9.35. The van der Waals surface area contributed by atoms with Crippen molar-refractivity contribution in [1.82, 2.24) is 14.9 Å². The number of amides is 1. The van der Waals surface area contributed by atoms with Crippen molar-refractivity contribution in [3.05, 3.63) is 30.1 Å². The SMILES string of the molecule is O=C1OCCN1CCc1nc2ccccc2[nH]1. The molecule has 2 heterocycles. The number of fused-ring (bicyclic) bond motifs is 1. The molecule has 1 aromatic heterocycles. The molecule has 0 spiro atoms. The molecule has 0 saturated carbocycles. The Morgan fingerprint density at radius 1 is 1.41 bits per heavy atom. The third-order valence-corrected chi connectivity index (χ3v) is 2.90. The highest BCUT2D eigenvalue weighted by Crippen LogP contribution is 2.11. The van der Waals surface area contributed by atoms with Crippen molar-refractivity contribution in [1.29, 1.82) is 0 Å². The van der Waals surface area contributed by atoms with Crippen LogP contribution >= 0.6 is 0 Å². The van der Waals surface area contributed by atoms with E-state index < -0.39 is 0 Å². The smallest absolute Gasteiger partial charge is 0.409 e. The molecule has 1 N–H and O–H groups in total. The minimum atomic E-state index is -0.221. The van der Waals surface area contributed by atoms with Gasteiger partial charge in [0, 0.05) is 13.0 Å². The van der Waals surface area contributed by atoms with Crippen molar-refractivity contribution in [2.75, 3.05) is 19.7 Å². The highest BCUT2D eigenvalue weighted by molar-refractivity contribution is 5.74. The maximum absolute atomic E-state index is 11.2. The number of nitrogens with zero attached hydrogens (tertiary/aromatic N) is 2. The van der Waals surface area contributed by atoms with E-state index in [9.17, 15) is 4.79 Å². The van der Waals surface area contributed by atoms with Crippen LogP contribution in [0, 0.1) is 0 Å². The number of benzene rings is 1. The van der Waals surface area contributed by atoms with Crippen molar-refractivity contribution < 1.29 is 9.53 Å². The number of cyclic esters (lactones) is 1. The number of aromatic amines is 1. The maximum atomic E-state index is 11.2. The second kappa shape index (κ2) is 4.08. The third-order valence-electron chi connectivity index (χ3n) is 2.90. The van der Waals surface area contributed by atoms with Crippen LogP contribution < -0.4 is 0 Å². The quantitative estimate of drug-likeness (QED) is 0.872. The number of nitrogens with one attached hydrogen (secondary N) is 1. The molecule has 0 radical (unpaired) electrons. The summed E-state index contributed by atoms with van der Waals surface area (Å²) < 4.78 is 4.87. The minimum absolute atomic E-state index is 0.221. The first-order valence-corrected chi connectivity index (χ1v) is 5.68. The average Bonchev–Trinajstić information content (AvgIpc) is 2.92. The molecule has 1 aliphatic rings. The molecule has 1 fully saturated rings. The third kappa shape index (κ3) is 1.95. The number of H-pyrrole nitrogens is 1. The second-order valence-electron chi connectivity index (χ2n) is 4.05. The van der Waals surface area contributed by atoms with E-state index in [1.165, 1.54) is 0 Å². The molecule has 17 heavy (non-hydrogen) atoms. The number of ether oxygens (including phenoxy) is 1. The van der Waals surface area contributed by atoms with Gasteiger partial charge in [-0.25, -0.2) is 9.78 Å². The van der Waals surface area contributed by atoms with E-state index in [4.69, 9.17) is 4.74 Å². The van der Waals surface area contributed by atoms with Crippen LogP contribution in [0.3, 0.4) is 0 Å². The van der Waals surface area contributed by atoms with Gasteiger partial charge in [0.2, 0.25) is 0 Å². The lowest BCUT2D eigenvalue weighted by Gasteiger charge is -2.10. The van der Waals surface area contributed by atoms with Gasteiger partial charge in [-0.1, -0.05) is 12.1 Å². The number of carbonyl (C=O) groups excluding carboxylic acids is 1. The Bertz CT molecular complexity index is 516. The molecule has 5 nitrogen and oxygen atoms in total. The maximum Gasteiger partial charge on any atom is 0.409 e. The summed E-state index contributed by atoms with van der Waals surface area (Å²) in [6, 6.07) is 7.91. The van der Waals surface area contributed by atoms with Crippen LogP contribution in [0.25, 0.3) is 11.0 Å². The molecule has 1 saturated heterocycles. The summed E-state index contributed by atoms with van der Waals surface area (Å²) in [5, 5.41) is 0. The highest BCUT2D eigenvalue weighted by Gasteiger charge is 2.21. The molecule has 0 atom stereocenters. The molecule has 1 aromatic carbocycles. The summed E-state index contributed by atoms with van der Waals surface area (Å²) in [6.07, 6.45) is 0.505. The molecule has 0 aliphatic carbocycles. The van der Waals surface area contributed by atoms with Crippen molar-refractivity contribution >= 4 is 17.1 Å². The van der Waals surface area contributed by atoms with E-state index in [1.54, 1.807) is 4.90 Å². The topological polar surface area (TPSA) is 58.2 Å². The summed E-state index contributed by atoms with van der Waals surface area (Å²) >= 11 is 0. The lowest BCUT2D eigenvalue weighted by atomic mass is 10.3. The normalized spacial score (nSPS) is 15.5. The number of aromatic nitrogens is 2. The van der Waals surface area contributed by atoms with E-state index in [-0.39, 0.29) is 6.09 Å². The minimum Gasteiger partial charge on any atom is -0.448 e. The molecular formula is C12H13N3O2. The van der Waals surface area contributed by atoms with Gasteiger partial charge in [-0.15, -0.1) is 0 Å². The fourth-order valence-corrected chi connectivity index (χ4v) is 1.99. The van der Waals surface area contributed by atoms with E-state index in [1.807, 2.05) is 24.3 Å². The van der Waals surface area contributed by atoms with Crippen LogP contribution in [-0.4, -0.2) is 40.7 Å². The molecule has 1 aliphatic heterocycles. The fraction of sp³-hybridized carbons (Fsp3) is 0.333. The molecule has 5 heteroatoms. The monoisotopic (exact) mass is 231 g/mol. The molecule has 2 aromatic rings. The van der Waals surface area contributed by atoms with Crippen molar-refractivity contribution in [2.24, 2.45) is 0 Å². The summed E-state index contributed by atoms with van der Waals surface area (Å²) in [5.74, 6) is 0.908. The van der Waals surface area contributed by atoms with Crippen LogP contribution in [0.4, 0.5) is 4.79 Å². The van der Waals surface area contributed by atoms with Gasteiger partial charge in [-0.3, -0.25) is 0 Å². The Kier molecular flexibility index (Phi) is 2.44. The van der Waals surface area contributed by atoms with Crippen molar-refractivity contribution in [3.8, 4) is 0 Å². The summed E-state index contributed by atoms with van der Waals surface area (Å²) in [4.78, 5) is 20.7. The number of hydrogen-bond acceptors (Lipinski definition) is 3. The second-order valence-corrected chi connectivity index (χ2v) is 4.05. The number of rotatable bonds is 3. The molecule has 1 amide bonds. The van der Waals surface area contributed by atoms with E-state index in [0.717, 1.165) is 23.3 Å². The molecule has 0 bridgehead atoms. The van der Waals surface area contributed by atoms with Crippen molar-refractivity contribution in [2.45, 2.75) is 6.42 Å². The largest absolute Gasteiger partial charge is 0.448 e. The van der Waals surface area contributed by atoms with Gasteiger partial charge in [0.05, 0.1) is 17.6 Å². The average molecular weight is 231 g/mol. The van der Waals surface area contributed by atoms with Crippen molar-refractivity contribution in [3.63, 3.8) is 0 Å². The lowest BCUT2D eigenvalue weighted by molar-refractivity contribution is 0.158. The Balaban J connectivity index is 1.70. The molecular weight excluding hydrogens is 218 g/mol. The highest BCUT2D eigenvalue weighted by atomic mass is 16.6. The Morgan fingerprint density at radius 2 is 2.29 bits per heavy atom. The van der Waals surface area contributed by atoms with Gasteiger partial charge < -0.3 is 14.6 Å². The number of imidazole rings is 1. The Hall–Kier alpha value is -2.04. The first-order chi connectivity index (χ1) is 8.33. The first kappa shape index (κ1) is 10.1. The molecule has 88 valence electrons. The number of hydrogen-bond donors (Lipinski definition) is 1. The molecule has 3 rings (SSSR count). The van der Waals surface area contributed by atoms with Gasteiger partial charge in [0.25, 0.3) is 0 Å². The van der Waals surface area contributed by atoms with Gasteiger partial charge in [0.1, 0.15) is 12.4 Å². The Morgan fingerprint density at radius 3 is 3.06 bits per heavy atom. The fourth-order valence-electron chi connectivity index (χ4n) is 1.99. The Labute approximate surface area is 98.4 Å². The number of para-hydroxylation sites is 2. The van der Waals surface area contributed by atoms with Crippen LogP contribution in [0.1, 0.15) is 5.82 Å². The van der Waals surface area contributed by atoms with Gasteiger partial charge >= 0.3 is 6.09 Å². The van der Waals surface area contributed by atoms with E-state index in [0.29, 0.717) is 19.7 Å². The summed E-state index contributed by atoms with van der Waals surface area (Å²) in [6.45, 7) is 1.83. The van der Waals surface area contributed by atoms with Gasteiger partial charge in [0.15, 0.2) is 0 Å². The predicted molar refractivity (Wildman–Crippen MR) is 62.7 cm³/mol. The lowest BCUT2D eigenvalue weighted by Crippen LogP contribution is -2.26. The van der Waals surface area contributed by atoms with Crippen LogP contribution in [0.5, 0.6) is 0 Å². The first-order valence-electron chi connectivity index (χ1n) is 5.68. The zero-order chi connectivity index (χ0) is 11.7. The molecule has 0 unspecified atom stereocenters. The zero-order valence-corrected chi connectivity index (χ0v) is 9.35. The van der Waals surface area contributed by atoms with E-state index in [2.05, 4.69) is 9.97 Å². The van der Waals surface area contributed by atoms with Crippen LogP contribution in [0.2, 0.25) is 0 Å².